The Balaban J connectivity index is 1.70. The Bertz CT molecular complexity index is 1190. The van der Waals surface area contributed by atoms with Gasteiger partial charge in [0, 0.05) is 22.9 Å². The minimum absolute atomic E-state index is 0.113. The molecule has 0 bridgehead atoms. The summed E-state index contributed by atoms with van der Waals surface area (Å²) in [5, 5.41) is 15.2. The average Bonchev–Trinajstić information content (AvgIpc) is 3.15. The number of fused-ring (bicyclic) bond motifs is 1. The van der Waals surface area contributed by atoms with Crippen LogP contribution in [0.4, 0.5) is 4.39 Å². The number of nitrogens with zero attached hydrogens (tertiary/aromatic N) is 3. The van der Waals surface area contributed by atoms with Gasteiger partial charge in [-0.1, -0.05) is 18.2 Å². The summed E-state index contributed by atoms with van der Waals surface area (Å²) in [5.41, 5.74) is 1.61. The highest BCUT2D eigenvalue weighted by Crippen LogP contribution is 2.32. The van der Waals surface area contributed by atoms with E-state index < -0.39 is 5.91 Å². The molecule has 0 saturated heterocycles. The summed E-state index contributed by atoms with van der Waals surface area (Å²) in [5.74, 6) is 0.375. The lowest BCUT2D eigenvalue weighted by Gasteiger charge is -2.14. The number of hydrogen-bond donors (Lipinski definition) is 1. The van der Waals surface area contributed by atoms with Crippen LogP contribution < -0.4 is 9.47 Å². The van der Waals surface area contributed by atoms with Crippen LogP contribution in [0.15, 0.2) is 46.5 Å². The first-order valence-corrected chi connectivity index (χ1v) is 11.1. The van der Waals surface area contributed by atoms with Crippen molar-refractivity contribution in [2.45, 2.75) is 19.9 Å². The van der Waals surface area contributed by atoms with Gasteiger partial charge in [0.1, 0.15) is 12.4 Å². The normalized spacial score (nSPS) is 12.5. The van der Waals surface area contributed by atoms with E-state index in [1.54, 1.807) is 24.4 Å². The second kappa shape index (κ2) is 11.0. The lowest BCUT2D eigenvalue weighted by atomic mass is 10.1. The lowest BCUT2D eigenvalue weighted by molar-refractivity contribution is -0.122. The molecule has 1 N–H and O–H groups in total. The number of carbonyl (C=O) groups excluding carboxylic acids is 1. The number of amides is 1. The van der Waals surface area contributed by atoms with Gasteiger partial charge in [0.25, 0.3) is 5.91 Å². The molecule has 0 radical (unpaired) electrons. The van der Waals surface area contributed by atoms with Gasteiger partial charge >= 0.3 is 0 Å². The van der Waals surface area contributed by atoms with E-state index in [9.17, 15) is 9.18 Å². The van der Waals surface area contributed by atoms with Crippen LogP contribution in [0.2, 0.25) is 0 Å². The maximum atomic E-state index is 14.0. The number of aryl methyl sites for hydroxylation is 1. The summed E-state index contributed by atoms with van der Waals surface area (Å²) in [7, 11) is 3.07. The first-order valence-electron chi connectivity index (χ1n) is 10.3. The van der Waals surface area contributed by atoms with Gasteiger partial charge in [0.15, 0.2) is 11.5 Å². The summed E-state index contributed by atoms with van der Waals surface area (Å²) in [6.45, 7) is 3.77. The number of ether oxygens (including phenoxy) is 2. The van der Waals surface area contributed by atoms with Crippen molar-refractivity contribution in [1.29, 1.82) is 0 Å². The summed E-state index contributed by atoms with van der Waals surface area (Å²) < 4.78 is 25.3. The quantitative estimate of drug-likeness (QED) is 0.371. The van der Waals surface area contributed by atoms with Gasteiger partial charge in [-0.3, -0.25) is 9.79 Å². The van der Waals surface area contributed by atoms with E-state index in [4.69, 9.17) is 14.6 Å². The van der Waals surface area contributed by atoms with Crippen LogP contribution >= 0.6 is 11.3 Å². The van der Waals surface area contributed by atoms with Crippen molar-refractivity contribution in [3.63, 3.8) is 0 Å². The molecule has 3 aromatic rings. The molecular weight excluding hydrogens is 445 g/mol. The fraction of sp³-hybridized carbons (Fsp3) is 0.292. The number of aliphatic hydroxyl groups excluding tert-OH is 1. The van der Waals surface area contributed by atoms with Crippen molar-refractivity contribution in [3.8, 4) is 11.5 Å². The third kappa shape index (κ3) is 5.74. The van der Waals surface area contributed by atoms with Crippen molar-refractivity contribution in [2.75, 3.05) is 27.4 Å². The first kappa shape index (κ1) is 24.3. The number of aliphatic hydroxyl groups is 1. The fourth-order valence-corrected chi connectivity index (χ4v) is 4.18. The first-order chi connectivity index (χ1) is 15.8. The van der Waals surface area contributed by atoms with Crippen molar-refractivity contribution < 1.29 is 23.8 Å². The molecule has 1 amide bonds. The van der Waals surface area contributed by atoms with Crippen LogP contribution in [0.5, 0.6) is 11.5 Å². The minimum atomic E-state index is -0.397. The number of halogens is 1. The van der Waals surface area contributed by atoms with Crippen molar-refractivity contribution in [3.05, 3.63) is 58.2 Å². The van der Waals surface area contributed by atoms with Crippen LogP contribution in [-0.4, -0.2) is 55.8 Å². The summed E-state index contributed by atoms with van der Waals surface area (Å²) in [4.78, 5) is 17.7. The highest BCUT2D eigenvalue weighted by Gasteiger charge is 2.13. The van der Waals surface area contributed by atoms with E-state index in [0.29, 0.717) is 16.2 Å². The van der Waals surface area contributed by atoms with Crippen LogP contribution in [-0.2, 0) is 4.79 Å². The number of methoxy groups -OCH3 is 1. The average molecular weight is 472 g/mol. The van der Waals surface area contributed by atoms with Crippen molar-refractivity contribution in [2.24, 2.45) is 10.1 Å². The predicted molar refractivity (Wildman–Crippen MR) is 129 cm³/mol. The molecule has 0 spiro atoms. The summed E-state index contributed by atoms with van der Waals surface area (Å²) >= 11 is 1.36. The number of carbonyl (C=O) groups is 1. The van der Waals surface area contributed by atoms with Gasteiger partial charge in [-0.25, -0.2) is 9.40 Å². The molecule has 1 unspecified atom stereocenters. The maximum absolute atomic E-state index is 14.0. The zero-order valence-electron chi connectivity index (χ0n) is 18.9. The van der Waals surface area contributed by atoms with Gasteiger partial charge in [0.05, 0.1) is 36.9 Å². The Morgan fingerprint density at radius 3 is 2.82 bits per heavy atom. The Labute approximate surface area is 195 Å². The van der Waals surface area contributed by atoms with Crippen LogP contribution in [0.25, 0.3) is 10.1 Å². The number of hydrazone groups is 1. The molecule has 1 aromatic heterocycles. The Morgan fingerprint density at radius 2 is 2.09 bits per heavy atom. The number of aliphatic imine (C=N–C) groups is 1. The van der Waals surface area contributed by atoms with Crippen molar-refractivity contribution >= 4 is 39.8 Å². The molecule has 2 aromatic carbocycles. The largest absolute Gasteiger partial charge is 0.493 e. The van der Waals surface area contributed by atoms with E-state index >= 15 is 0 Å². The Kier molecular flexibility index (Phi) is 8.13. The number of rotatable bonds is 9. The molecule has 0 aliphatic carbocycles. The zero-order chi connectivity index (χ0) is 24.0. The van der Waals surface area contributed by atoms with Crippen molar-refractivity contribution in [1.82, 2.24) is 5.01 Å². The smallest absolute Gasteiger partial charge is 0.284 e. The monoisotopic (exact) mass is 471 g/mol. The number of thiophene rings is 1. The Hall–Kier alpha value is -3.30. The molecular formula is C24H26FN3O4S. The summed E-state index contributed by atoms with van der Waals surface area (Å²) in [6, 6.07) is 9.96. The fourth-order valence-electron chi connectivity index (χ4n) is 3.15. The SMILES string of the molecule is COc1ccc(C(C)N=CC(=O)N(C)N=Cc2c(C)sc3c(F)cccc23)cc1OCCO. The molecule has 174 valence electrons. The van der Waals surface area contributed by atoms with Gasteiger partial charge in [-0.15, -0.1) is 11.3 Å². The standard InChI is InChI=1S/C24H26FN3O4S/c1-15(17-8-9-21(31-4)22(12-17)32-11-10-29)26-14-23(30)28(3)27-13-19-16(2)33-24-18(19)6-5-7-20(24)25/h5-9,12-15,29H,10-11H2,1-4H3. The van der Waals surface area contributed by atoms with E-state index in [0.717, 1.165) is 21.4 Å². The molecule has 3 rings (SSSR count). The molecule has 7 nitrogen and oxygen atoms in total. The third-order valence-corrected chi connectivity index (χ3v) is 6.14. The molecule has 0 fully saturated rings. The molecule has 9 heteroatoms. The number of hydrogen-bond acceptors (Lipinski definition) is 7. The number of benzene rings is 2. The predicted octanol–water partition coefficient (Wildman–Crippen LogP) is 4.35. The second-order valence-corrected chi connectivity index (χ2v) is 8.46. The lowest BCUT2D eigenvalue weighted by Crippen LogP contribution is -2.22. The molecule has 0 aliphatic heterocycles. The van der Waals surface area contributed by atoms with Gasteiger partial charge < -0.3 is 14.6 Å². The van der Waals surface area contributed by atoms with Gasteiger partial charge in [-0.05, 0) is 37.6 Å². The van der Waals surface area contributed by atoms with Gasteiger partial charge in [0.2, 0.25) is 0 Å². The third-order valence-electron chi connectivity index (χ3n) is 5.00. The second-order valence-electron chi connectivity index (χ2n) is 7.23. The van der Waals surface area contributed by atoms with E-state index in [-0.39, 0.29) is 25.1 Å². The topological polar surface area (TPSA) is 83.7 Å². The van der Waals surface area contributed by atoms with E-state index in [2.05, 4.69) is 10.1 Å². The molecule has 0 saturated carbocycles. The molecule has 33 heavy (non-hydrogen) atoms. The minimum Gasteiger partial charge on any atom is -0.493 e. The van der Waals surface area contributed by atoms with Crippen LogP contribution in [0, 0.1) is 12.7 Å². The van der Waals surface area contributed by atoms with E-state index in [1.807, 2.05) is 26.0 Å². The summed E-state index contributed by atoms with van der Waals surface area (Å²) in [6.07, 6.45) is 2.79. The Morgan fingerprint density at radius 1 is 1.30 bits per heavy atom. The molecule has 1 atom stereocenters. The maximum Gasteiger partial charge on any atom is 0.284 e. The van der Waals surface area contributed by atoms with Crippen LogP contribution in [0.3, 0.4) is 0 Å². The molecule has 1 heterocycles. The van der Waals surface area contributed by atoms with E-state index in [1.165, 1.54) is 42.8 Å². The highest BCUT2D eigenvalue weighted by molar-refractivity contribution is 7.19. The van der Waals surface area contributed by atoms with Crippen LogP contribution in [0.1, 0.15) is 29.0 Å². The highest BCUT2D eigenvalue weighted by atomic mass is 32.1. The molecule has 0 aliphatic rings. The van der Waals surface area contributed by atoms with Gasteiger partial charge in [-0.2, -0.15) is 5.10 Å². The zero-order valence-corrected chi connectivity index (χ0v) is 19.7.